The quantitative estimate of drug-likeness (QED) is 0.622. The molecule has 2 N–H and O–H groups in total. The number of ether oxygens (including phenoxy) is 2. The SMILES string of the molecule is COC1(OC)CN(c2cc(N)ccc2F)C1. The van der Waals surface area contributed by atoms with Crippen molar-refractivity contribution in [2.24, 2.45) is 0 Å². The van der Waals surface area contributed by atoms with E-state index in [-0.39, 0.29) is 5.82 Å². The van der Waals surface area contributed by atoms with Crippen LogP contribution in [-0.2, 0) is 9.47 Å². The zero-order valence-corrected chi connectivity index (χ0v) is 9.37. The molecular formula is C11H15FN2O2. The van der Waals surface area contributed by atoms with Gasteiger partial charge in [-0.25, -0.2) is 4.39 Å². The summed E-state index contributed by atoms with van der Waals surface area (Å²) < 4.78 is 24.0. The Morgan fingerprint density at radius 1 is 1.31 bits per heavy atom. The van der Waals surface area contributed by atoms with Crippen molar-refractivity contribution in [3.05, 3.63) is 24.0 Å². The van der Waals surface area contributed by atoms with Gasteiger partial charge in [0.1, 0.15) is 5.82 Å². The number of hydrogen-bond donors (Lipinski definition) is 1. The Hall–Kier alpha value is -1.33. The number of halogens is 1. The van der Waals surface area contributed by atoms with Crippen LogP contribution in [0, 0.1) is 5.82 Å². The first-order valence-corrected chi connectivity index (χ1v) is 5.00. The fraction of sp³-hybridized carbons (Fsp3) is 0.455. The van der Waals surface area contributed by atoms with E-state index in [4.69, 9.17) is 15.2 Å². The summed E-state index contributed by atoms with van der Waals surface area (Å²) in [5.41, 5.74) is 6.66. The van der Waals surface area contributed by atoms with Crippen molar-refractivity contribution in [3.8, 4) is 0 Å². The van der Waals surface area contributed by atoms with E-state index in [1.54, 1.807) is 26.4 Å². The maximum absolute atomic E-state index is 13.5. The predicted octanol–water partition coefficient (Wildman–Crippen LogP) is 1.22. The van der Waals surface area contributed by atoms with Gasteiger partial charge in [0, 0.05) is 19.9 Å². The molecule has 88 valence electrons. The minimum Gasteiger partial charge on any atom is -0.399 e. The molecule has 4 nitrogen and oxygen atoms in total. The fourth-order valence-corrected chi connectivity index (χ4v) is 1.82. The van der Waals surface area contributed by atoms with Gasteiger partial charge in [-0.15, -0.1) is 0 Å². The number of nitrogens with zero attached hydrogens (tertiary/aromatic N) is 1. The highest BCUT2D eigenvalue weighted by Crippen LogP contribution is 2.33. The van der Waals surface area contributed by atoms with Crippen LogP contribution >= 0.6 is 0 Å². The molecule has 0 unspecified atom stereocenters. The van der Waals surface area contributed by atoms with Gasteiger partial charge in [0.15, 0.2) is 0 Å². The fourth-order valence-electron chi connectivity index (χ4n) is 1.82. The van der Waals surface area contributed by atoms with Crippen LogP contribution in [0.5, 0.6) is 0 Å². The normalized spacial score (nSPS) is 18.3. The number of benzene rings is 1. The molecule has 0 radical (unpaired) electrons. The molecule has 0 atom stereocenters. The second-order valence-corrected chi connectivity index (χ2v) is 3.89. The van der Waals surface area contributed by atoms with E-state index in [0.717, 1.165) is 0 Å². The molecule has 1 aliphatic rings. The lowest BCUT2D eigenvalue weighted by Crippen LogP contribution is -2.64. The average Bonchev–Trinajstić information content (AvgIpc) is 2.23. The van der Waals surface area contributed by atoms with Crippen molar-refractivity contribution in [2.75, 3.05) is 37.9 Å². The molecule has 1 aromatic carbocycles. The van der Waals surface area contributed by atoms with Gasteiger partial charge in [-0.3, -0.25) is 0 Å². The second kappa shape index (κ2) is 3.92. The maximum atomic E-state index is 13.5. The summed E-state index contributed by atoms with van der Waals surface area (Å²) in [7, 11) is 3.16. The molecule has 1 aliphatic heterocycles. The molecule has 1 fully saturated rings. The Balaban J connectivity index is 2.14. The van der Waals surface area contributed by atoms with Crippen LogP contribution in [0.1, 0.15) is 0 Å². The summed E-state index contributed by atoms with van der Waals surface area (Å²) in [6, 6.07) is 4.52. The standard InChI is InChI=1S/C11H15FN2O2/c1-15-11(16-2)6-14(7-11)10-5-8(13)3-4-9(10)12/h3-5H,6-7,13H2,1-2H3. The van der Waals surface area contributed by atoms with Crippen LogP contribution in [0.15, 0.2) is 18.2 Å². The van der Waals surface area contributed by atoms with E-state index in [1.807, 2.05) is 4.90 Å². The zero-order chi connectivity index (χ0) is 11.8. The van der Waals surface area contributed by atoms with E-state index in [0.29, 0.717) is 24.5 Å². The van der Waals surface area contributed by atoms with E-state index >= 15 is 0 Å². The van der Waals surface area contributed by atoms with E-state index < -0.39 is 5.79 Å². The first kappa shape index (κ1) is 11.2. The molecule has 16 heavy (non-hydrogen) atoms. The first-order valence-electron chi connectivity index (χ1n) is 5.00. The largest absolute Gasteiger partial charge is 0.399 e. The number of nitrogen functional groups attached to an aromatic ring is 1. The van der Waals surface area contributed by atoms with Crippen LogP contribution in [0.3, 0.4) is 0 Å². The predicted molar refractivity (Wildman–Crippen MR) is 59.8 cm³/mol. The van der Waals surface area contributed by atoms with Crippen molar-refractivity contribution in [1.82, 2.24) is 0 Å². The first-order chi connectivity index (χ1) is 7.60. The smallest absolute Gasteiger partial charge is 0.203 e. The molecule has 2 rings (SSSR count). The Morgan fingerprint density at radius 2 is 1.94 bits per heavy atom. The molecule has 0 aromatic heterocycles. The van der Waals surface area contributed by atoms with Gasteiger partial charge in [0.2, 0.25) is 5.79 Å². The number of nitrogens with two attached hydrogens (primary N) is 1. The minimum absolute atomic E-state index is 0.282. The van der Waals surface area contributed by atoms with Gasteiger partial charge in [0.25, 0.3) is 0 Å². The van der Waals surface area contributed by atoms with Gasteiger partial charge in [-0.2, -0.15) is 0 Å². The highest BCUT2D eigenvalue weighted by atomic mass is 19.1. The number of methoxy groups -OCH3 is 2. The summed E-state index contributed by atoms with van der Waals surface area (Å²) in [5.74, 6) is -0.896. The van der Waals surface area contributed by atoms with Crippen molar-refractivity contribution >= 4 is 11.4 Å². The molecular weight excluding hydrogens is 211 g/mol. The summed E-state index contributed by atoms with van der Waals surface area (Å²) in [5, 5.41) is 0. The van der Waals surface area contributed by atoms with Gasteiger partial charge >= 0.3 is 0 Å². The third kappa shape index (κ3) is 1.72. The Labute approximate surface area is 93.7 Å². The lowest BCUT2D eigenvalue weighted by molar-refractivity contribution is -0.219. The molecule has 1 heterocycles. The highest BCUT2D eigenvalue weighted by molar-refractivity contribution is 5.58. The lowest BCUT2D eigenvalue weighted by atomic mass is 10.1. The number of hydrogen-bond acceptors (Lipinski definition) is 4. The van der Waals surface area contributed by atoms with Crippen molar-refractivity contribution in [3.63, 3.8) is 0 Å². The van der Waals surface area contributed by atoms with Crippen molar-refractivity contribution in [2.45, 2.75) is 5.79 Å². The molecule has 0 saturated carbocycles. The topological polar surface area (TPSA) is 47.7 Å². The van der Waals surface area contributed by atoms with Crippen molar-refractivity contribution in [1.29, 1.82) is 0 Å². The van der Waals surface area contributed by atoms with E-state index in [1.165, 1.54) is 6.07 Å². The van der Waals surface area contributed by atoms with Crippen LogP contribution in [0.2, 0.25) is 0 Å². The third-order valence-corrected chi connectivity index (χ3v) is 2.92. The summed E-state index contributed by atoms with van der Waals surface area (Å²) in [6.45, 7) is 1.00. The average molecular weight is 226 g/mol. The molecule has 5 heteroatoms. The summed E-state index contributed by atoms with van der Waals surface area (Å²) in [4.78, 5) is 1.83. The van der Waals surface area contributed by atoms with Crippen LogP contribution in [0.4, 0.5) is 15.8 Å². The van der Waals surface area contributed by atoms with Gasteiger partial charge < -0.3 is 20.1 Å². The van der Waals surface area contributed by atoms with Crippen LogP contribution in [0.25, 0.3) is 0 Å². The van der Waals surface area contributed by atoms with Crippen molar-refractivity contribution < 1.29 is 13.9 Å². The van der Waals surface area contributed by atoms with Gasteiger partial charge in [-0.05, 0) is 18.2 Å². The maximum Gasteiger partial charge on any atom is 0.203 e. The molecule has 0 amide bonds. The van der Waals surface area contributed by atoms with Crippen LogP contribution in [-0.4, -0.2) is 33.1 Å². The summed E-state index contributed by atoms with van der Waals surface area (Å²) >= 11 is 0. The molecule has 0 bridgehead atoms. The Kier molecular flexibility index (Phi) is 2.73. The van der Waals surface area contributed by atoms with E-state index in [9.17, 15) is 4.39 Å². The summed E-state index contributed by atoms with van der Waals surface area (Å²) in [6.07, 6.45) is 0. The lowest BCUT2D eigenvalue weighted by Gasteiger charge is -2.48. The van der Waals surface area contributed by atoms with Gasteiger partial charge in [0.05, 0.1) is 18.8 Å². The van der Waals surface area contributed by atoms with Crippen LogP contribution < -0.4 is 10.6 Å². The molecule has 0 aliphatic carbocycles. The van der Waals surface area contributed by atoms with Gasteiger partial charge in [-0.1, -0.05) is 0 Å². The minimum atomic E-state index is -0.614. The number of anilines is 2. The second-order valence-electron chi connectivity index (χ2n) is 3.89. The highest BCUT2D eigenvalue weighted by Gasteiger charge is 2.44. The zero-order valence-electron chi connectivity index (χ0n) is 9.37. The van der Waals surface area contributed by atoms with E-state index in [2.05, 4.69) is 0 Å². The molecule has 1 aromatic rings. The molecule has 0 spiro atoms. The Bertz CT molecular complexity index is 386. The third-order valence-electron chi connectivity index (χ3n) is 2.92. The monoisotopic (exact) mass is 226 g/mol. The number of rotatable bonds is 3. The Morgan fingerprint density at radius 3 is 2.50 bits per heavy atom. The molecule has 1 saturated heterocycles.